The van der Waals surface area contributed by atoms with Crippen molar-refractivity contribution in [3.05, 3.63) is 59.4 Å². The van der Waals surface area contributed by atoms with E-state index in [0.29, 0.717) is 35.1 Å². The SMILES string of the molecule is CN(Cc1nc(-c2ccccc2Cl)no1)S(=O)(=O)c1ccc(N2CCCC2=O)cc1. The fraction of sp³-hybridized carbons (Fsp3) is 0.250. The lowest BCUT2D eigenvalue weighted by atomic mass is 10.2. The Bertz CT molecular complexity index is 1180. The zero-order chi connectivity index (χ0) is 21.3. The van der Waals surface area contributed by atoms with Crippen LogP contribution in [-0.4, -0.2) is 42.4 Å². The Hall–Kier alpha value is -2.75. The summed E-state index contributed by atoms with van der Waals surface area (Å²) in [6.07, 6.45) is 1.32. The summed E-state index contributed by atoms with van der Waals surface area (Å²) in [5, 5.41) is 4.36. The number of aromatic nitrogens is 2. The average molecular weight is 447 g/mol. The molecule has 0 spiro atoms. The predicted molar refractivity (Wildman–Crippen MR) is 111 cm³/mol. The van der Waals surface area contributed by atoms with Gasteiger partial charge in [0.25, 0.3) is 0 Å². The molecule has 1 saturated heterocycles. The lowest BCUT2D eigenvalue weighted by molar-refractivity contribution is -0.117. The van der Waals surface area contributed by atoms with E-state index in [0.717, 1.165) is 10.7 Å². The Morgan fingerprint density at radius 2 is 1.90 bits per heavy atom. The summed E-state index contributed by atoms with van der Waals surface area (Å²) in [6, 6.07) is 13.3. The number of nitrogens with zero attached hydrogens (tertiary/aromatic N) is 4. The van der Waals surface area contributed by atoms with Gasteiger partial charge in [0.15, 0.2) is 0 Å². The van der Waals surface area contributed by atoms with Crippen LogP contribution in [0.3, 0.4) is 0 Å². The summed E-state index contributed by atoms with van der Waals surface area (Å²) in [5.74, 6) is 0.491. The smallest absolute Gasteiger partial charge is 0.243 e. The van der Waals surface area contributed by atoms with Gasteiger partial charge in [-0.1, -0.05) is 28.9 Å². The molecule has 1 fully saturated rings. The van der Waals surface area contributed by atoms with Crippen LogP contribution in [0.5, 0.6) is 0 Å². The van der Waals surface area contributed by atoms with E-state index >= 15 is 0 Å². The van der Waals surface area contributed by atoms with Crippen LogP contribution in [-0.2, 0) is 21.4 Å². The second kappa shape index (κ2) is 8.17. The third-order valence-corrected chi connectivity index (χ3v) is 7.02. The van der Waals surface area contributed by atoms with Gasteiger partial charge < -0.3 is 9.42 Å². The van der Waals surface area contributed by atoms with E-state index in [1.807, 2.05) is 0 Å². The van der Waals surface area contributed by atoms with Gasteiger partial charge in [-0.15, -0.1) is 0 Å². The number of carbonyl (C=O) groups is 1. The molecule has 0 aliphatic carbocycles. The number of hydrogen-bond donors (Lipinski definition) is 0. The van der Waals surface area contributed by atoms with Gasteiger partial charge in [-0.25, -0.2) is 8.42 Å². The van der Waals surface area contributed by atoms with E-state index < -0.39 is 10.0 Å². The number of carbonyl (C=O) groups excluding carboxylic acids is 1. The van der Waals surface area contributed by atoms with Crippen LogP contribution >= 0.6 is 11.6 Å². The number of sulfonamides is 1. The van der Waals surface area contributed by atoms with Crippen molar-refractivity contribution < 1.29 is 17.7 Å². The van der Waals surface area contributed by atoms with Crippen molar-refractivity contribution in [3.8, 4) is 11.4 Å². The van der Waals surface area contributed by atoms with Crippen LogP contribution in [0, 0.1) is 0 Å². The Kier molecular flexibility index (Phi) is 5.59. The molecule has 1 aromatic heterocycles. The molecule has 30 heavy (non-hydrogen) atoms. The van der Waals surface area contributed by atoms with Crippen LogP contribution in [0.25, 0.3) is 11.4 Å². The molecule has 10 heteroatoms. The molecule has 0 saturated carbocycles. The first-order valence-corrected chi connectivity index (χ1v) is 11.1. The molecule has 8 nitrogen and oxygen atoms in total. The summed E-state index contributed by atoms with van der Waals surface area (Å²) in [6.45, 7) is 0.557. The van der Waals surface area contributed by atoms with Crippen molar-refractivity contribution in [3.63, 3.8) is 0 Å². The number of halogens is 1. The van der Waals surface area contributed by atoms with Gasteiger partial charge in [0.1, 0.15) is 0 Å². The minimum atomic E-state index is -3.78. The fourth-order valence-corrected chi connectivity index (χ4v) is 4.59. The van der Waals surface area contributed by atoms with Crippen molar-refractivity contribution in [2.45, 2.75) is 24.3 Å². The Balaban J connectivity index is 1.50. The van der Waals surface area contributed by atoms with Crippen molar-refractivity contribution >= 4 is 33.2 Å². The molecule has 1 amide bonds. The Labute approximate surface area is 179 Å². The van der Waals surface area contributed by atoms with Gasteiger partial charge >= 0.3 is 0 Å². The molecule has 0 atom stereocenters. The molecule has 156 valence electrons. The highest BCUT2D eigenvalue weighted by Crippen LogP contribution is 2.26. The van der Waals surface area contributed by atoms with Gasteiger partial charge in [0, 0.05) is 31.3 Å². The minimum Gasteiger partial charge on any atom is -0.338 e. The molecule has 2 heterocycles. The summed E-state index contributed by atoms with van der Waals surface area (Å²) >= 11 is 6.14. The summed E-state index contributed by atoms with van der Waals surface area (Å²) < 4.78 is 32.1. The highest BCUT2D eigenvalue weighted by molar-refractivity contribution is 7.89. The normalized spacial score (nSPS) is 14.6. The van der Waals surface area contributed by atoms with Gasteiger partial charge in [-0.05, 0) is 42.8 Å². The first-order chi connectivity index (χ1) is 14.4. The average Bonchev–Trinajstić information content (AvgIpc) is 3.37. The maximum Gasteiger partial charge on any atom is 0.243 e. The lowest BCUT2D eigenvalue weighted by Gasteiger charge is -2.18. The van der Waals surface area contributed by atoms with E-state index in [9.17, 15) is 13.2 Å². The van der Waals surface area contributed by atoms with E-state index in [4.69, 9.17) is 16.1 Å². The van der Waals surface area contributed by atoms with Crippen molar-refractivity contribution in [2.75, 3.05) is 18.5 Å². The quantitative estimate of drug-likeness (QED) is 0.576. The van der Waals surface area contributed by atoms with Gasteiger partial charge in [-0.3, -0.25) is 4.79 Å². The maximum absolute atomic E-state index is 12.9. The highest BCUT2D eigenvalue weighted by atomic mass is 35.5. The Morgan fingerprint density at radius 1 is 1.17 bits per heavy atom. The molecule has 1 aliphatic heterocycles. The second-order valence-electron chi connectivity index (χ2n) is 6.90. The number of rotatable bonds is 6. The lowest BCUT2D eigenvalue weighted by Crippen LogP contribution is -2.27. The van der Waals surface area contributed by atoms with Crippen LogP contribution in [0.4, 0.5) is 5.69 Å². The zero-order valence-corrected chi connectivity index (χ0v) is 17.7. The molecule has 0 unspecified atom stereocenters. The molecular weight excluding hydrogens is 428 g/mol. The summed E-state index contributed by atoms with van der Waals surface area (Å²) in [7, 11) is -2.34. The third kappa shape index (κ3) is 3.96. The van der Waals surface area contributed by atoms with Crippen molar-refractivity contribution in [2.24, 2.45) is 0 Å². The third-order valence-electron chi connectivity index (χ3n) is 4.87. The number of hydrogen-bond acceptors (Lipinski definition) is 6. The topological polar surface area (TPSA) is 96.6 Å². The molecule has 0 radical (unpaired) electrons. The standard InChI is InChI=1S/C20H19ClN4O4S/c1-24(13-18-22-20(23-29-18)16-5-2-3-6-17(16)21)30(27,28)15-10-8-14(9-11-15)25-12-4-7-19(25)26/h2-3,5-6,8-11H,4,7,12-13H2,1H3. The fourth-order valence-electron chi connectivity index (χ4n) is 3.25. The zero-order valence-electron chi connectivity index (χ0n) is 16.2. The largest absolute Gasteiger partial charge is 0.338 e. The molecule has 2 aromatic carbocycles. The van der Waals surface area contributed by atoms with Crippen LogP contribution in [0.1, 0.15) is 18.7 Å². The van der Waals surface area contributed by atoms with E-state index in [2.05, 4.69) is 10.1 Å². The molecule has 0 N–H and O–H groups in total. The predicted octanol–water partition coefficient (Wildman–Crippen LogP) is 3.34. The van der Waals surface area contributed by atoms with Crippen LogP contribution in [0.2, 0.25) is 5.02 Å². The Morgan fingerprint density at radius 3 is 2.57 bits per heavy atom. The summed E-state index contributed by atoms with van der Waals surface area (Å²) in [5.41, 5.74) is 1.30. The maximum atomic E-state index is 12.9. The van der Waals surface area contributed by atoms with Crippen LogP contribution in [0.15, 0.2) is 57.9 Å². The van der Waals surface area contributed by atoms with Crippen molar-refractivity contribution in [1.29, 1.82) is 0 Å². The van der Waals surface area contributed by atoms with Crippen LogP contribution < -0.4 is 4.90 Å². The summed E-state index contributed by atoms with van der Waals surface area (Å²) in [4.78, 5) is 17.9. The van der Waals surface area contributed by atoms with Gasteiger partial charge in [0.2, 0.25) is 27.6 Å². The second-order valence-corrected chi connectivity index (χ2v) is 9.35. The van der Waals surface area contributed by atoms with E-state index in [1.165, 1.54) is 19.2 Å². The van der Waals surface area contributed by atoms with Gasteiger partial charge in [-0.2, -0.15) is 9.29 Å². The molecule has 1 aliphatic rings. The van der Waals surface area contributed by atoms with E-state index in [1.54, 1.807) is 41.3 Å². The molecule has 0 bridgehead atoms. The first-order valence-electron chi connectivity index (χ1n) is 9.30. The van der Waals surface area contributed by atoms with Gasteiger partial charge in [0.05, 0.1) is 16.5 Å². The van der Waals surface area contributed by atoms with E-state index in [-0.39, 0.29) is 23.2 Å². The molecule has 4 rings (SSSR count). The highest BCUT2D eigenvalue weighted by Gasteiger charge is 2.25. The number of amides is 1. The molecule has 3 aromatic rings. The monoisotopic (exact) mass is 446 g/mol. The minimum absolute atomic E-state index is 0.0495. The number of benzene rings is 2. The van der Waals surface area contributed by atoms with Crippen molar-refractivity contribution in [1.82, 2.24) is 14.4 Å². The number of anilines is 1. The molecular formula is C20H19ClN4O4S. The first kappa shape index (κ1) is 20.5.